The number of carbonyl (C=O) groups excluding carboxylic acids is 3. The number of rotatable bonds is 7. The van der Waals surface area contributed by atoms with E-state index < -0.39 is 6.04 Å². The lowest BCUT2D eigenvalue weighted by molar-refractivity contribution is -0.145. The third kappa shape index (κ3) is 5.69. The maximum atomic E-state index is 13.1. The Balaban J connectivity index is 1.34. The van der Waals surface area contributed by atoms with Crippen LogP contribution in [0.15, 0.2) is 42.7 Å². The lowest BCUT2D eigenvalue weighted by atomic mass is 10.1. The zero-order valence-electron chi connectivity index (χ0n) is 19.4. The van der Waals surface area contributed by atoms with Crippen LogP contribution >= 0.6 is 0 Å². The van der Waals surface area contributed by atoms with Crippen LogP contribution in [0.5, 0.6) is 0 Å². The summed E-state index contributed by atoms with van der Waals surface area (Å²) in [7, 11) is 0. The molecule has 0 unspecified atom stereocenters. The molecule has 1 aromatic carbocycles. The number of carbonyl (C=O) groups is 3. The molecule has 3 heterocycles. The van der Waals surface area contributed by atoms with E-state index in [4.69, 9.17) is 0 Å². The van der Waals surface area contributed by atoms with E-state index in [-0.39, 0.29) is 30.7 Å². The molecule has 2 aliphatic rings. The molecule has 2 aromatic rings. The minimum atomic E-state index is -0.811. The Hall–Kier alpha value is -3.53. The second kappa shape index (κ2) is 11.1. The molecule has 180 valence electrons. The van der Waals surface area contributed by atoms with Crippen LogP contribution in [-0.2, 0) is 20.8 Å². The van der Waals surface area contributed by atoms with E-state index in [9.17, 15) is 14.4 Å². The van der Waals surface area contributed by atoms with E-state index in [1.165, 1.54) is 0 Å². The number of aryl methyl sites for hydroxylation is 1. The van der Waals surface area contributed by atoms with Crippen LogP contribution in [0, 0.1) is 0 Å². The number of anilines is 2. The number of para-hydroxylation sites is 1. The molecule has 4 rings (SSSR count). The number of piperazine rings is 2. The van der Waals surface area contributed by atoms with Crippen LogP contribution < -0.4 is 15.5 Å². The van der Waals surface area contributed by atoms with E-state index in [2.05, 4.69) is 30.4 Å². The van der Waals surface area contributed by atoms with Gasteiger partial charge in [-0.05, 0) is 24.1 Å². The molecule has 2 saturated heterocycles. The van der Waals surface area contributed by atoms with Crippen LogP contribution in [0.4, 0.5) is 11.6 Å². The lowest BCUT2D eigenvalue weighted by Gasteiger charge is -2.38. The van der Waals surface area contributed by atoms with Crippen molar-refractivity contribution in [1.29, 1.82) is 0 Å². The Bertz CT molecular complexity index is 1010. The summed E-state index contributed by atoms with van der Waals surface area (Å²) in [6.45, 7) is 5.86. The van der Waals surface area contributed by atoms with Crippen molar-refractivity contribution in [3.8, 4) is 0 Å². The average Bonchev–Trinajstić information content (AvgIpc) is 2.86. The first kappa shape index (κ1) is 23.6. The maximum absolute atomic E-state index is 13.1. The van der Waals surface area contributed by atoms with Crippen molar-refractivity contribution in [2.75, 3.05) is 56.0 Å². The third-order valence-corrected chi connectivity index (χ3v) is 6.27. The fourth-order valence-electron chi connectivity index (χ4n) is 4.39. The molecule has 3 amide bonds. The summed E-state index contributed by atoms with van der Waals surface area (Å²) in [5.74, 6) is -0.00952. The Kier molecular flexibility index (Phi) is 7.69. The van der Waals surface area contributed by atoms with Gasteiger partial charge >= 0.3 is 0 Å². The number of amides is 3. The van der Waals surface area contributed by atoms with E-state index in [1.807, 2.05) is 31.2 Å². The predicted octanol–water partition coefficient (Wildman–Crippen LogP) is 0.517. The highest BCUT2D eigenvalue weighted by atomic mass is 16.2. The summed E-state index contributed by atoms with van der Waals surface area (Å²) in [6.07, 6.45) is 4.15. The number of nitrogens with one attached hydrogen (secondary N) is 2. The zero-order chi connectivity index (χ0) is 23.9. The molecule has 0 spiro atoms. The van der Waals surface area contributed by atoms with Gasteiger partial charge in [0.15, 0.2) is 0 Å². The summed E-state index contributed by atoms with van der Waals surface area (Å²) < 4.78 is 0. The fourth-order valence-corrected chi connectivity index (χ4v) is 4.39. The zero-order valence-corrected chi connectivity index (χ0v) is 19.4. The van der Waals surface area contributed by atoms with Crippen LogP contribution in [0.3, 0.4) is 0 Å². The van der Waals surface area contributed by atoms with Crippen LogP contribution in [0.1, 0.15) is 18.9 Å². The first-order valence-electron chi connectivity index (χ1n) is 11.7. The second-order valence-corrected chi connectivity index (χ2v) is 8.47. The molecule has 0 aliphatic carbocycles. The smallest absolute Gasteiger partial charge is 0.243 e. The quantitative estimate of drug-likeness (QED) is 0.613. The van der Waals surface area contributed by atoms with Crippen molar-refractivity contribution in [1.82, 2.24) is 25.1 Å². The molecule has 2 N–H and O–H groups in total. The summed E-state index contributed by atoms with van der Waals surface area (Å²) in [5.41, 5.74) is 1.77. The molecule has 10 nitrogen and oxygen atoms in total. The molecule has 0 radical (unpaired) electrons. The van der Waals surface area contributed by atoms with Gasteiger partial charge in [-0.3, -0.25) is 19.3 Å². The fraction of sp³-hybridized carbons (Fsp3) is 0.458. The van der Waals surface area contributed by atoms with Crippen molar-refractivity contribution >= 4 is 29.4 Å². The highest BCUT2D eigenvalue weighted by Gasteiger charge is 2.35. The molecule has 2 fully saturated rings. The minimum Gasteiger partial charge on any atom is -0.353 e. The molecule has 1 aromatic heterocycles. The SMILES string of the molecule is CCc1ccccc1NC(=O)C[C@@H]1C(=O)NCCN1C(=O)CN1CCN(c2ncccn2)CC1. The van der Waals surface area contributed by atoms with Crippen molar-refractivity contribution in [2.24, 2.45) is 0 Å². The van der Waals surface area contributed by atoms with Crippen LogP contribution in [0.25, 0.3) is 0 Å². The van der Waals surface area contributed by atoms with E-state index >= 15 is 0 Å². The van der Waals surface area contributed by atoms with Crippen molar-refractivity contribution in [3.63, 3.8) is 0 Å². The standard InChI is InChI=1S/C24H31N7O3/c1-2-18-6-3-4-7-19(18)28-21(32)16-20-23(34)25-10-11-31(20)22(33)17-29-12-14-30(15-13-29)24-26-8-5-9-27-24/h3-9,20H,2,10-17H2,1H3,(H,25,34)(H,28,32)/t20-/m1/s1. The average molecular weight is 466 g/mol. The number of hydrogen-bond donors (Lipinski definition) is 2. The van der Waals surface area contributed by atoms with E-state index in [0.29, 0.717) is 32.1 Å². The monoisotopic (exact) mass is 465 g/mol. The van der Waals surface area contributed by atoms with E-state index in [1.54, 1.807) is 23.4 Å². The van der Waals surface area contributed by atoms with Gasteiger partial charge in [0.2, 0.25) is 23.7 Å². The van der Waals surface area contributed by atoms with Gasteiger partial charge in [-0.1, -0.05) is 25.1 Å². The molecular weight excluding hydrogens is 434 g/mol. The third-order valence-electron chi connectivity index (χ3n) is 6.27. The first-order valence-corrected chi connectivity index (χ1v) is 11.7. The number of benzene rings is 1. The summed E-state index contributed by atoms with van der Waals surface area (Å²) in [6, 6.07) is 8.57. The van der Waals surface area contributed by atoms with Gasteiger partial charge in [0.1, 0.15) is 6.04 Å². The molecular formula is C24H31N7O3. The first-order chi connectivity index (χ1) is 16.5. The van der Waals surface area contributed by atoms with Gasteiger partial charge in [-0.15, -0.1) is 0 Å². The predicted molar refractivity (Wildman–Crippen MR) is 128 cm³/mol. The number of nitrogens with zero attached hydrogens (tertiary/aromatic N) is 5. The minimum absolute atomic E-state index is 0.0747. The molecule has 0 saturated carbocycles. The van der Waals surface area contributed by atoms with Gasteiger partial charge in [-0.25, -0.2) is 9.97 Å². The van der Waals surface area contributed by atoms with E-state index in [0.717, 1.165) is 30.8 Å². The Labute approximate surface area is 199 Å². The normalized spacial score (nSPS) is 19.0. The topological polar surface area (TPSA) is 111 Å². The Morgan fingerprint density at radius 2 is 1.79 bits per heavy atom. The van der Waals surface area contributed by atoms with Gasteiger partial charge in [0.05, 0.1) is 13.0 Å². The lowest BCUT2D eigenvalue weighted by Crippen LogP contribution is -2.60. The summed E-state index contributed by atoms with van der Waals surface area (Å²) in [5, 5.41) is 5.70. The number of aromatic nitrogens is 2. The van der Waals surface area contributed by atoms with Gasteiger partial charge < -0.3 is 20.4 Å². The molecule has 0 bridgehead atoms. The summed E-state index contributed by atoms with van der Waals surface area (Å²) >= 11 is 0. The second-order valence-electron chi connectivity index (χ2n) is 8.47. The largest absolute Gasteiger partial charge is 0.353 e. The van der Waals surface area contributed by atoms with Crippen molar-refractivity contribution in [3.05, 3.63) is 48.3 Å². The van der Waals surface area contributed by atoms with Gasteiger partial charge in [-0.2, -0.15) is 0 Å². The Morgan fingerprint density at radius 1 is 1.06 bits per heavy atom. The van der Waals surface area contributed by atoms with Crippen LogP contribution in [0.2, 0.25) is 0 Å². The Morgan fingerprint density at radius 3 is 2.53 bits per heavy atom. The van der Waals surface area contributed by atoms with Crippen molar-refractivity contribution < 1.29 is 14.4 Å². The van der Waals surface area contributed by atoms with Crippen LogP contribution in [-0.4, -0.2) is 89.3 Å². The van der Waals surface area contributed by atoms with Gasteiger partial charge in [0.25, 0.3) is 0 Å². The highest BCUT2D eigenvalue weighted by Crippen LogP contribution is 2.18. The van der Waals surface area contributed by atoms with Crippen molar-refractivity contribution in [2.45, 2.75) is 25.8 Å². The van der Waals surface area contributed by atoms with Gasteiger partial charge in [0, 0.05) is 57.3 Å². The highest BCUT2D eigenvalue weighted by molar-refractivity contribution is 5.98. The summed E-state index contributed by atoms with van der Waals surface area (Å²) in [4.78, 5) is 52.8. The molecule has 2 aliphatic heterocycles. The molecule has 1 atom stereocenters. The maximum Gasteiger partial charge on any atom is 0.243 e. The molecule has 10 heteroatoms. The molecule has 34 heavy (non-hydrogen) atoms. The number of hydrogen-bond acceptors (Lipinski definition) is 7.